The summed E-state index contributed by atoms with van der Waals surface area (Å²) in [7, 11) is 0. The zero-order valence-corrected chi connectivity index (χ0v) is 16.4. The number of aromatic nitrogens is 2. The van der Waals surface area contributed by atoms with Crippen molar-refractivity contribution in [2.45, 2.75) is 46.1 Å². The Bertz CT molecular complexity index is 805. The number of piperidine rings is 1. The zero-order chi connectivity index (χ0) is 19.4. The summed E-state index contributed by atoms with van der Waals surface area (Å²) in [5.41, 5.74) is 2.55. The maximum atomic E-state index is 12.8. The zero-order valence-electron chi connectivity index (χ0n) is 16.4. The van der Waals surface area contributed by atoms with Crippen LogP contribution < -0.4 is 5.32 Å². The molecule has 3 rings (SSSR count). The van der Waals surface area contributed by atoms with Gasteiger partial charge in [-0.2, -0.15) is 5.10 Å². The molecule has 0 saturated carbocycles. The van der Waals surface area contributed by atoms with Crippen LogP contribution in [0.3, 0.4) is 0 Å². The Balaban J connectivity index is 1.69. The van der Waals surface area contributed by atoms with Crippen LogP contribution in [0, 0.1) is 13.8 Å². The number of hydrogen-bond donors (Lipinski definition) is 1. The Kier molecular flexibility index (Phi) is 6.06. The summed E-state index contributed by atoms with van der Waals surface area (Å²) in [5, 5.41) is 7.40. The van der Waals surface area contributed by atoms with E-state index in [1.165, 1.54) is 0 Å². The van der Waals surface area contributed by atoms with Crippen molar-refractivity contribution in [1.82, 2.24) is 20.0 Å². The highest BCUT2D eigenvalue weighted by Gasteiger charge is 2.28. The molecule has 1 aromatic carbocycles. The Labute approximate surface area is 160 Å². The third-order valence-electron chi connectivity index (χ3n) is 5.19. The first kappa shape index (κ1) is 19.3. The van der Waals surface area contributed by atoms with Crippen LogP contribution in [-0.2, 0) is 4.79 Å². The van der Waals surface area contributed by atoms with Crippen LogP contribution >= 0.6 is 0 Å². The molecule has 0 spiro atoms. The molecule has 0 unspecified atom stereocenters. The summed E-state index contributed by atoms with van der Waals surface area (Å²) in [5.74, 6) is -1.02. The molecule has 1 amide bonds. The Hall–Kier alpha value is -2.47. The van der Waals surface area contributed by atoms with Gasteiger partial charge < -0.3 is 10.2 Å². The van der Waals surface area contributed by atoms with Gasteiger partial charge in [-0.1, -0.05) is 25.1 Å². The Morgan fingerprint density at radius 2 is 1.81 bits per heavy atom. The highest BCUT2D eigenvalue weighted by atomic mass is 16.2. The van der Waals surface area contributed by atoms with Gasteiger partial charge >= 0.3 is 0 Å². The van der Waals surface area contributed by atoms with Crippen molar-refractivity contribution in [3.63, 3.8) is 0 Å². The summed E-state index contributed by atoms with van der Waals surface area (Å²) in [6.07, 6.45) is 2.92. The van der Waals surface area contributed by atoms with E-state index < -0.39 is 11.7 Å². The molecule has 1 fully saturated rings. The quantitative estimate of drug-likeness (QED) is 0.629. The average molecular weight is 368 g/mol. The van der Waals surface area contributed by atoms with Crippen molar-refractivity contribution < 1.29 is 9.59 Å². The molecule has 1 saturated heterocycles. The molecule has 1 aliphatic rings. The fourth-order valence-corrected chi connectivity index (χ4v) is 3.77. The van der Waals surface area contributed by atoms with Gasteiger partial charge in [0.05, 0.1) is 22.6 Å². The number of aryl methyl sites for hydroxylation is 1. The van der Waals surface area contributed by atoms with E-state index in [-0.39, 0.29) is 6.04 Å². The number of nitrogens with zero attached hydrogens (tertiary/aromatic N) is 3. The number of carbonyl (C=O) groups is 2. The monoisotopic (exact) mass is 368 g/mol. The van der Waals surface area contributed by atoms with Crippen molar-refractivity contribution in [3.05, 3.63) is 47.3 Å². The molecule has 2 heterocycles. The molecule has 0 aliphatic carbocycles. The molecule has 27 heavy (non-hydrogen) atoms. The number of Topliss-reactive ketones (excluding diaryl/α,β-unsaturated/α-hetero) is 1. The van der Waals surface area contributed by atoms with Crippen LogP contribution in [0.4, 0.5) is 0 Å². The number of para-hydroxylation sites is 1. The van der Waals surface area contributed by atoms with E-state index >= 15 is 0 Å². The third-order valence-corrected chi connectivity index (χ3v) is 5.19. The fourth-order valence-electron chi connectivity index (χ4n) is 3.77. The van der Waals surface area contributed by atoms with E-state index in [1.807, 2.05) is 37.3 Å². The highest BCUT2D eigenvalue weighted by molar-refractivity contribution is 6.43. The maximum Gasteiger partial charge on any atom is 0.292 e. The van der Waals surface area contributed by atoms with Gasteiger partial charge in [0.15, 0.2) is 0 Å². The van der Waals surface area contributed by atoms with Gasteiger partial charge in [0.25, 0.3) is 11.7 Å². The predicted octanol–water partition coefficient (Wildman–Crippen LogP) is 2.66. The lowest BCUT2D eigenvalue weighted by Gasteiger charge is -2.31. The molecule has 0 bridgehead atoms. The minimum absolute atomic E-state index is 0.0688. The van der Waals surface area contributed by atoms with Crippen molar-refractivity contribution >= 4 is 11.7 Å². The molecule has 2 aromatic rings. The number of likely N-dealkylation sites (tertiary alicyclic amines) is 1. The lowest BCUT2D eigenvalue weighted by molar-refractivity contribution is -0.118. The van der Waals surface area contributed by atoms with E-state index in [9.17, 15) is 9.59 Å². The molecule has 0 radical (unpaired) electrons. The second-order valence-electron chi connectivity index (χ2n) is 7.21. The maximum absolute atomic E-state index is 12.8. The first-order valence-corrected chi connectivity index (χ1v) is 9.70. The number of ketones is 1. The number of benzene rings is 1. The normalized spacial score (nSPS) is 15.7. The molecule has 1 aromatic heterocycles. The smallest absolute Gasteiger partial charge is 0.292 e. The van der Waals surface area contributed by atoms with Crippen molar-refractivity contribution in [2.75, 3.05) is 19.6 Å². The fraction of sp³-hybridized carbons (Fsp3) is 0.476. The number of amides is 1. The van der Waals surface area contributed by atoms with Gasteiger partial charge in [-0.25, -0.2) is 4.68 Å². The van der Waals surface area contributed by atoms with E-state index in [2.05, 4.69) is 22.2 Å². The van der Waals surface area contributed by atoms with Crippen LogP contribution in [0.2, 0.25) is 0 Å². The Morgan fingerprint density at radius 1 is 1.15 bits per heavy atom. The van der Waals surface area contributed by atoms with Gasteiger partial charge in [0, 0.05) is 19.1 Å². The molecule has 6 heteroatoms. The first-order valence-electron chi connectivity index (χ1n) is 9.70. The second kappa shape index (κ2) is 8.48. The number of rotatable bonds is 6. The molecule has 1 aliphatic heterocycles. The molecular weight excluding hydrogens is 340 g/mol. The van der Waals surface area contributed by atoms with E-state index in [0.717, 1.165) is 44.6 Å². The first-order chi connectivity index (χ1) is 13.0. The van der Waals surface area contributed by atoms with E-state index in [1.54, 1.807) is 11.6 Å². The lowest BCUT2D eigenvalue weighted by atomic mass is 10.0. The van der Waals surface area contributed by atoms with Gasteiger partial charge in [-0.15, -0.1) is 0 Å². The lowest BCUT2D eigenvalue weighted by Crippen LogP contribution is -2.46. The minimum atomic E-state index is -0.525. The standard InChI is InChI=1S/C21H28N4O2/c1-4-12-24-13-10-17(11-14-24)22-21(27)20(26)19-15(2)23-25(16(19)3)18-8-6-5-7-9-18/h5-9,17H,4,10-14H2,1-3H3,(H,22,27). The van der Waals surface area contributed by atoms with Crippen LogP contribution in [0.5, 0.6) is 0 Å². The molecule has 6 nitrogen and oxygen atoms in total. The third kappa shape index (κ3) is 4.27. The average Bonchev–Trinajstić information content (AvgIpc) is 2.98. The topological polar surface area (TPSA) is 67.2 Å². The molecular formula is C21H28N4O2. The van der Waals surface area contributed by atoms with Crippen LogP contribution in [0.25, 0.3) is 5.69 Å². The molecule has 1 N–H and O–H groups in total. The SMILES string of the molecule is CCCN1CCC(NC(=O)C(=O)c2c(C)nn(-c3ccccc3)c2C)CC1. The van der Waals surface area contributed by atoms with Gasteiger partial charge in [0.1, 0.15) is 0 Å². The van der Waals surface area contributed by atoms with Gasteiger partial charge in [-0.05, 0) is 51.8 Å². The van der Waals surface area contributed by atoms with Crippen molar-refractivity contribution in [2.24, 2.45) is 0 Å². The van der Waals surface area contributed by atoms with Crippen LogP contribution in [0.1, 0.15) is 47.9 Å². The molecule has 144 valence electrons. The summed E-state index contributed by atoms with van der Waals surface area (Å²) in [6.45, 7) is 8.81. The second-order valence-corrected chi connectivity index (χ2v) is 7.21. The van der Waals surface area contributed by atoms with E-state index in [0.29, 0.717) is 17.0 Å². The van der Waals surface area contributed by atoms with Crippen LogP contribution in [-0.4, -0.2) is 52.0 Å². The van der Waals surface area contributed by atoms with Gasteiger partial charge in [-0.3, -0.25) is 9.59 Å². The number of nitrogens with one attached hydrogen (secondary N) is 1. The van der Waals surface area contributed by atoms with E-state index in [4.69, 9.17) is 0 Å². The number of carbonyl (C=O) groups excluding carboxylic acids is 2. The summed E-state index contributed by atoms with van der Waals surface area (Å²) < 4.78 is 1.72. The summed E-state index contributed by atoms with van der Waals surface area (Å²) in [6, 6.07) is 9.70. The van der Waals surface area contributed by atoms with Crippen LogP contribution in [0.15, 0.2) is 30.3 Å². The number of hydrogen-bond acceptors (Lipinski definition) is 4. The van der Waals surface area contributed by atoms with Crippen molar-refractivity contribution in [3.8, 4) is 5.69 Å². The van der Waals surface area contributed by atoms with Crippen molar-refractivity contribution in [1.29, 1.82) is 0 Å². The van der Waals surface area contributed by atoms with Gasteiger partial charge in [0.2, 0.25) is 0 Å². The summed E-state index contributed by atoms with van der Waals surface area (Å²) >= 11 is 0. The Morgan fingerprint density at radius 3 is 2.44 bits per heavy atom. The highest BCUT2D eigenvalue weighted by Crippen LogP contribution is 2.19. The largest absolute Gasteiger partial charge is 0.346 e. The molecule has 0 atom stereocenters. The predicted molar refractivity (Wildman–Crippen MR) is 105 cm³/mol. The summed E-state index contributed by atoms with van der Waals surface area (Å²) in [4.78, 5) is 27.8. The minimum Gasteiger partial charge on any atom is -0.346 e.